The maximum atomic E-state index is 10.4. The molecule has 0 N–H and O–H groups in total. The fourth-order valence-electron chi connectivity index (χ4n) is 3.29. The highest BCUT2D eigenvalue weighted by Crippen LogP contribution is 2.49. The smallest absolute Gasteiger partial charge is 0.147 e. The lowest BCUT2D eigenvalue weighted by Crippen LogP contribution is -2.66. The second-order valence-electron chi connectivity index (χ2n) is 5.31. The zero-order valence-corrected chi connectivity index (χ0v) is 10.7. The van der Waals surface area contributed by atoms with Crippen LogP contribution in [-0.4, -0.2) is 42.9 Å². The molecule has 1 spiro atoms. The normalized spacial score (nSPS) is 44.2. The van der Waals surface area contributed by atoms with E-state index in [9.17, 15) is 4.79 Å². The Hall–Kier alpha value is -1.22. The van der Waals surface area contributed by atoms with Gasteiger partial charge in [-0.3, -0.25) is 4.79 Å². The zero-order chi connectivity index (χ0) is 13.3. The fraction of sp³-hybridized carbons (Fsp3) is 0.714. The molecule has 0 aromatic heterocycles. The molecule has 0 amide bonds. The summed E-state index contributed by atoms with van der Waals surface area (Å²) in [5, 5.41) is 8.66. The summed E-state index contributed by atoms with van der Waals surface area (Å²) in [6.45, 7) is 0.552. The summed E-state index contributed by atoms with van der Waals surface area (Å²) in [4.78, 5) is 10.4. The minimum atomic E-state index is -0.351. The number of carbonyl (C=O) groups is 1. The molecule has 19 heavy (non-hydrogen) atoms. The topological polar surface area (TPSA) is 68.5 Å². The van der Waals surface area contributed by atoms with E-state index in [0.717, 1.165) is 25.5 Å². The molecule has 5 atom stereocenters. The Bertz CT molecular complexity index is 430. The van der Waals surface area contributed by atoms with Gasteiger partial charge in [-0.1, -0.05) is 0 Å². The van der Waals surface area contributed by atoms with E-state index in [-0.39, 0.29) is 30.0 Å². The summed E-state index contributed by atoms with van der Waals surface area (Å²) in [6.07, 6.45) is 6.94. The van der Waals surface area contributed by atoms with Crippen LogP contribution in [0.15, 0.2) is 12.2 Å². The summed E-state index contributed by atoms with van der Waals surface area (Å²) < 4.78 is 17.7. The number of allylic oxidation sites excluding steroid dienone is 1. The van der Waals surface area contributed by atoms with Gasteiger partial charge >= 0.3 is 0 Å². The molecule has 0 bridgehead atoms. The van der Waals surface area contributed by atoms with Crippen LogP contribution in [0.3, 0.4) is 0 Å². The standard InChI is InChI=1S/C14H17NO4/c15-7-1-3-10-5-6-12-14(19-10)9-17-13(14)11(18-12)4-2-8-16/h2,4,8,10-13H,1,3,5-6,9H2/b4-2+. The average Bonchev–Trinajstić information content (AvgIpc) is 2.62. The molecule has 5 heteroatoms. The van der Waals surface area contributed by atoms with E-state index in [1.165, 1.54) is 6.08 Å². The van der Waals surface area contributed by atoms with Crippen LogP contribution in [0.25, 0.3) is 0 Å². The predicted molar refractivity (Wildman–Crippen MR) is 65.3 cm³/mol. The fourth-order valence-corrected chi connectivity index (χ4v) is 3.29. The number of ether oxygens (including phenoxy) is 3. The Morgan fingerprint density at radius 1 is 1.42 bits per heavy atom. The maximum absolute atomic E-state index is 10.4. The largest absolute Gasteiger partial charge is 0.369 e. The van der Waals surface area contributed by atoms with Crippen molar-refractivity contribution in [1.82, 2.24) is 0 Å². The van der Waals surface area contributed by atoms with Gasteiger partial charge in [0.05, 0.1) is 24.9 Å². The van der Waals surface area contributed by atoms with E-state index < -0.39 is 0 Å². The Morgan fingerprint density at radius 3 is 3.00 bits per heavy atom. The van der Waals surface area contributed by atoms with E-state index in [4.69, 9.17) is 19.5 Å². The van der Waals surface area contributed by atoms with Crippen molar-refractivity contribution in [3.8, 4) is 6.07 Å². The average molecular weight is 263 g/mol. The van der Waals surface area contributed by atoms with Gasteiger partial charge < -0.3 is 14.2 Å². The molecule has 3 saturated heterocycles. The van der Waals surface area contributed by atoms with Gasteiger partial charge in [0.25, 0.3) is 0 Å². The first-order valence-electron chi connectivity index (χ1n) is 6.74. The van der Waals surface area contributed by atoms with Crippen LogP contribution in [-0.2, 0) is 19.0 Å². The molecule has 102 valence electrons. The third-order valence-corrected chi connectivity index (χ3v) is 4.23. The van der Waals surface area contributed by atoms with E-state index in [1.54, 1.807) is 6.08 Å². The van der Waals surface area contributed by atoms with Crippen molar-refractivity contribution in [2.75, 3.05) is 6.61 Å². The Balaban J connectivity index is 1.70. The van der Waals surface area contributed by atoms with Gasteiger partial charge in [-0.15, -0.1) is 0 Å². The number of hydrogen-bond acceptors (Lipinski definition) is 5. The predicted octanol–water partition coefficient (Wildman–Crippen LogP) is 1.13. The summed E-state index contributed by atoms with van der Waals surface area (Å²) in [7, 11) is 0. The minimum Gasteiger partial charge on any atom is -0.369 e. The molecule has 3 heterocycles. The zero-order valence-electron chi connectivity index (χ0n) is 10.7. The number of rotatable bonds is 4. The Kier molecular flexibility index (Phi) is 3.40. The minimum absolute atomic E-state index is 0.0471. The second kappa shape index (κ2) is 5.04. The maximum Gasteiger partial charge on any atom is 0.147 e. The van der Waals surface area contributed by atoms with Gasteiger partial charge in [0.15, 0.2) is 0 Å². The highest BCUT2D eigenvalue weighted by Gasteiger charge is 2.66. The van der Waals surface area contributed by atoms with Crippen molar-refractivity contribution in [2.24, 2.45) is 0 Å². The molecule has 5 unspecified atom stereocenters. The molecule has 0 aromatic carbocycles. The number of hydrogen-bond donors (Lipinski definition) is 0. The Morgan fingerprint density at radius 2 is 2.32 bits per heavy atom. The van der Waals surface area contributed by atoms with E-state index in [2.05, 4.69) is 6.07 Å². The molecule has 0 aliphatic carbocycles. The van der Waals surface area contributed by atoms with E-state index in [0.29, 0.717) is 13.0 Å². The first-order chi connectivity index (χ1) is 9.30. The van der Waals surface area contributed by atoms with Gasteiger partial charge in [-0.25, -0.2) is 0 Å². The second-order valence-corrected chi connectivity index (χ2v) is 5.31. The molecule has 5 nitrogen and oxygen atoms in total. The quantitative estimate of drug-likeness (QED) is 0.562. The highest BCUT2D eigenvalue weighted by molar-refractivity contribution is 5.64. The number of carbonyl (C=O) groups excluding carboxylic acids is 1. The number of nitrogens with zero attached hydrogens (tertiary/aromatic N) is 1. The van der Waals surface area contributed by atoms with E-state index in [1.807, 2.05) is 0 Å². The molecule has 3 aliphatic heterocycles. The van der Waals surface area contributed by atoms with Crippen LogP contribution < -0.4 is 0 Å². The SMILES string of the molecule is N#CCCC1CCC2OC(/C=C/C=O)C3OCC23O1. The van der Waals surface area contributed by atoms with Gasteiger partial charge in [-0.05, 0) is 31.4 Å². The van der Waals surface area contributed by atoms with Crippen molar-refractivity contribution in [3.05, 3.63) is 12.2 Å². The molecule has 3 rings (SSSR count). The van der Waals surface area contributed by atoms with Gasteiger partial charge in [0.2, 0.25) is 0 Å². The summed E-state index contributed by atoms with van der Waals surface area (Å²) >= 11 is 0. The molecule has 0 saturated carbocycles. The molecule has 0 radical (unpaired) electrons. The first-order valence-corrected chi connectivity index (χ1v) is 6.74. The third-order valence-electron chi connectivity index (χ3n) is 4.23. The third kappa shape index (κ3) is 2.00. The number of aldehydes is 1. The molecule has 0 aromatic rings. The lowest BCUT2D eigenvalue weighted by atomic mass is 9.81. The van der Waals surface area contributed by atoms with Crippen LogP contribution in [0.4, 0.5) is 0 Å². The van der Waals surface area contributed by atoms with Crippen LogP contribution >= 0.6 is 0 Å². The first kappa shape index (κ1) is 12.8. The Labute approximate surface area is 112 Å². The van der Waals surface area contributed by atoms with Gasteiger partial charge in [0.1, 0.15) is 24.1 Å². The number of nitriles is 1. The monoisotopic (exact) mass is 263 g/mol. The highest BCUT2D eigenvalue weighted by atomic mass is 16.7. The van der Waals surface area contributed by atoms with E-state index >= 15 is 0 Å². The molecule has 3 aliphatic rings. The van der Waals surface area contributed by atoms with Crippen LogP contribution in [0.2, 0.25) is 0 Å². The lowest BCUT2D eigenvalue weighted by molar-refractivity contribution is -0.287. The van der Waals surface area contributed by atoms with Crippen molar-refractivity contribution in [3.63, 3.8) is 0 Å². The van der Waals surface area contributed by atoms with Crippen LogP contribution in [0.5, 0.6) is 0 Å². The van der Waals surface area contributed by atoms with Crippen LogP contribution in [0.1, 0.15) is 25.7 Å². The molecule has 3 fully saturated rings. The summed E-state index contributed by atoms with van der Waals surface area (Å²) in [6, 6.07) is 2.16. The van der Waals surface area contributed by atoms with Crippen molar-refractivity contribution in [1.29, 1.82) is 5.26 Å². The van der Waals surface area contributed by atoms with Crippen molar-refractivity contribution in [2.45, 2.75) is 55.7 Å². The summed E-state index contributed by atoms with van der Waals surface area (Å²) in [5.74, 6) is 0. The van der Waals surface area contributed by atoms with Gasteiger partial charge in [-0.2, -0.15) is 5.26 Å². The molecular weight excluding hydrogens is 246 g/mol. The van der Waals surface area contributed by atoms with Gasteiger partial charge in [0, 0.05) is 6.42 Å². The van der Waals surface area contributed by atoms with Crippen LogP contribution in [0, 0.1) is 11.3 Å². The lowest BCUT2D eigenvalue weighted by Gasteiger charge is -2.50. The summed E-state index contributed by atoms with van der Waals surface area (Å²) in [5.41, 5.74) is -0.351. The molecular formula is C14H17NO4. The van der Waals surface area contributed by atoms with Crippen molar-refractivity contribution >= 4 is 6.29 Å². The van der Waals surface area contributed by atoms with Crippen molar-refractivity contribution < 1.29 is 19.0 Å².